The molecule has 0 saturated carbocycles. The molecule has 0 spiro atoms. The Bertz CT molecular complexity index is 1240. The van der Waals surface area contributed by atoms with Crippen molar-refractivity contribution < 1.29 is 41.0 Å². The fourth-order valence-corrected chi connectivity index (χ4v) is 8.08. The molecule has 1 aliphatic heterocycles. The lowest BCUT2D eigenvalue weighted by molar-refractivity contribution is -0.284. The third kappa shape index (κ3) is 11.0. The Labute approximate surface area is 281 Å². The third-order valence-corrected chi connectivity index (χ3v) is 11.1. The number of carbonyl (C=O) groups excluding carboxylic acids is 1. The second-order valence-corrected chi connectivity index (χ2v) is 14.0. The maximum Gasteiger partial charge on any atom is 0.453 e. The van der Waals surface area contributed by atoms with Crippen molar-refractivity contribution in [2.45, 2.75) is 125 Å². The van der Waals surface area contributed by atoms with Crippen LogP contribution in [0.2, 0.25) is 0 Å². The molecule has 1 aliphatic rings. The average Bonchev–Trinajstić information content (AvgIpc) is 3.06. The summed E-state index contributed by atoms with van der Waals surface area (Å²) in [4.78, 5) is 13.6. The lowest BCUT2D eigenvalue weighted by atomic mass is 9.68. The third-order valence-electron chi connectivity index (χ3n) is 9.68. The van der Waals surface area contributed by atoms with E-state index in [4.69, 9.17) is 14.2 Å². The number of alkyl halides is 5. The lowest BCUT2D eigenvalue weighted by Gasteiger charge is -2.43. The molecule has 0 radical (unpaired) electrons. The second-order valence-electron chi connectivity index (χ2n) is 13.0. The summed E-state index contributed by atoms with van der Waals surface area (Å²) in [6.45, 7) is 2.38. The van der Waals surface area contributed by atoms with E-state index in [9.17, 15) is 26.7 Å². The number of ether oxygens (including phenoxy) is 3. The molecule has 0 N–H and O–H groups in total. The van der Waals surface area contributed by atoms with Crippen LogP contribution in [0.4, 0.5) is 22.0 Å². The molecule has 264 valence electrons. The fourth-order valence-electron chi connectivity index (χ4n) is 6.68. The molecule has 0 saturated heterocycles. The molecule has 0 aromatic heterocycles. The van der Waals surface area contributed by atoms with Gasteiger partial charge in [0.1, 0.15) is 11.5 Å². The van der Waals surface area contributed by atoms with Crippen molar-refractivity contribution in [1.82, 2.24) is 0 Å². The number of hydrogen-bond donors (Lipinski definition) is 0. The number of fused-ring (bicyclic) bond motifs is 1. The summed E-state index contributed by atoms with van der Waals surface area (Å²) in [6, 6.07) is 14.9. The van der Waals surface area contributed by atoms with Crippen LogP contribution >= 0.6 is 11.8 Å². The minimum Gasteiger partial charge on any atom is -0.497 e. The number of unbranched alkanes of at least 4 members (excludes halogenated alkanes) is 8. The van der Waals surface area contributed by atoms with Crippen LogP contribution in [0.1, 0.15) is 114 Å². The number of halogens is 5. The highest BCUT2D eigenvalue weighted by molar-refractivity contribution is 7.99. The van der Waals surface area contributed by atoms with Gasteiger partial charge in [0.2, 0.25) is 0 Å². The van der Waals surface area contributed by atoms with E-state index >= 15 is 0 Å². The first-order chi connectivity index (χ1) is 22.4. The highest BCUT2D eigenvalue weighted by Crippen LogP contribution is 2.52. The van der Waals surface area contributed by atoms with Crippen molar-refractivity contribution >= 4 is 17.7 Å². The predicted octanol–water partition coefficient (Wildman–Crippen LogP) is 11.3. The van der Waals surface area contributed by atoms with E-state index in [1.165, 1.54) is 23.1 Å². The Balaban J connectivity index is 1.43. The van der Waals surface area contributed by atoms with Crippen molar-refractivity contribution in [2.24, 2.45) is 5.92 Å². The van der Waals surface area contributed by atoms with Crippen molar-refractivity contribution in [2.75, 3.05) is 27.1 Å². The highest BCUT2D eigenvalue weighted by Gasteiger charge is 2.56. The maximum absolute atomic E-state index is 13.1. The quantitative estimate of drug-likeness (QED) is 0.0788. The fraction of sp³-hybridized carbons (Fsp3) is 0.649. The van der Waals surface area contributed by atoms with Crippen LogP contribution in [0.15, 0.2) is 47.4 Å². The largest absolute Gasteiger partial charge is 0.497 e. The van der Waals surface area contributed by atoms with Crippen LogP contribution in [0.5, 0.6) is 11.5 Å². The average molecular weight is 687 g/mol. The molecule has 0 bridgehead atoms. The van der Waals surface area contributed by atoms with Gasteiger partial charge in [0.15, 0.2) is 0 Å². The van der Waals surface area contributed by atoms with Crippen LogP contribution in [-0.2, 0) is 14.9 Å². The van der Waals surface area contributed by atoms with Gasteiger partial charge < -0.3 is 14.2 Å². The molecule has 1 heterocycles. The summed E-state index contributed by atoms with van der Waals surface area (Å²) in [5.74, 6) is -2.10. The van der Waals surface area contributed by atoms with Crippen molar-refractivity contribution in [3.8, 4) is 11.5 Å². The second kappa shape index (κ2) is 18.3. The molecule has 0 amide bonds. The summed E-state index contributed by atoms with van der Waals surface area (Å²) in [6.07, 6.45) is 3.16. The van der Waals surface area contributed by atoms with Gasteiger partial charge in [-0.1, -0.05) is 82.9 Å². The van der Waals surface area contributed by atoms with Crippen molar-refractivity contribution in [3.63, 3.8) is 0 Å². The molecule has 0 aliphatic carbocycles. The van der Waals surface area contributed by atoms with E-state index in [1.54, 1.807) is 14.2 Å². The zero-order valence-corrected chi connectivity index (χ0v) is 29.1. The van der Waals surface area contributed by atoms with Gasteiger partial charge in [-0.2, -0.15) is 22.0 Å². The van der Waals surface area contributed by atoms with Crippen LogP contribution < -0.4 is 9.47 Å². The summed E-state index contributed by atoms with van der Waals surface area (Å²) < 4.78 is 79.0. The lowest BCUT2D eigenvalue weighted by Crippen LogP contribution is -2.36. The number of benzene rings is 2. The predicted molar refractivity (Wildman–Crippen MR) is 178 cm³/mol. The van der Waals surface area contributed by atoms with Gasteiger partial charge in [0.05, 0.1) is 27.2 Å². The first-order valence-corrected chi connectivity index (χ1v) is 17.8. The Kier molecular flexibility index (Phi) is 15.2. The maximum atomic E-state index is 13.1. The molecule has 3 rings (SSSR count). The van der Waals surface area contributed by atoms with Crippen LogP contribution in [0.25, 0.3) is 0 Å². The number of esters is 1. The van der Waals surface area contributed by atoms with E-state index in [0.29, 0.717) is 31.6 Å². The topological polar surface area (TPSA) is 44.8 Å². The van der Waals surface area contributed by atoms with Gasteiger partial charge in [0, 0.05) is 22.5 Å². The zero-order chi connectivity index (χ0) is 34.5. The number of carbonyl (C=O) groups is 1. The summed E-state index contributed by atoms with van der Waals surface area (Å²) in [5, 5.41) is 0. The van der Waals surface area contributed by atoms with Gasteiger partial charge in [-0.05, 0) is 67.0 Å². The molecule has 2 aromatic rings. The van der Waals surface area contributed by atoms with Crippen LogP contribution in [0, 0.1) is 5.92 Å². The van der Waals surface area contributed by atoms with E-state index in [2.05, 4.69) is 37.3 Å². The minimum atomic E-state index is -5.50. The Morgan fingerprint density at radius 3 is 1.94 bits per heavy atom. The van der Waals surface area contributed by atoms with Gasteiger partial charge in [-0.3, -0.25) is 4.79 Å². The Morgan fingerprint density at radius 1 is 0.809 bits per heavy atom. The molecule has 3 unspecified atom stereocenters. The molecular formula is C37H51F5O4S. The number of rotatable bonds is 20. The number of methoxy groups -OCH3 is 3. The summed E-state index contributed by atoms with van der Waals surface area (Å²) in [5.41, 5.74) is 2.68. The monoisotopic (exact) mass is 686 g/mol. The smallest absolute Gasteiger partial charge is 0.453 e. The van der Waals surface area contributed by atoms with Gasteiger partial charge in [-0.15, -0.1) is 11.8 Å². The highest BCUT2D eigenvalue weighted by atomic mass is 32.2. The summed E-state index contributed by atoms with van der Waals surface area (Å²) >= 11 is 1.89. The number of hydrogen-bond acceptors (Lipinski definition) is 5. The van der Waals surface area contributed by atoms with E-state index < -0.39 is 18.5 Å². The molecule has 4 nitrogen and oxygen atoms in total. The Morgan fingerprint density at radius 2 is 1.36 bits per heavy atom. The molecule has 0 fully saturated rings. The van der Waals surface area contributed by atoms with Crippen LogP contribution in [-0.4, -0.2) is 45.2 Å². The van der Waals surface area contributed by atoms with Crippen molar-refractivity contribution in [3.05, 3.63) is 53.6 Å². The molecule has 2 aromatic carbocycles. The minimum absolute atomic E-state index is 0.0183. The first kappa shape index (κ1) is 39.0. The number of thioether (sulfide) groups is 1. The van der Waals surface area contributed by atoms with Gasteiger partial charge in [0.25, 0.3) is 0 Å². The summed E-state index contributed by atoms with van der Waals surface area (Å²) in [7, 11) is 4.74. The molecule has 3 atom stereocenters. The van der Waals surface area contributed by atoms with Gasteiger partial charge in [-0.25, -0.2) is 0 Å². The Hall–Kier alpha value is -2.49. The van der Waals surface area contributed by atoms with E-state index in [1.807, 2.05) is 23.9 Å². The molecule has 10 heteroatoms. The van der Waals surface area contributed by atoms with E-state index in [0.717, 1.165) is 62.2 Å². The van der Waals surface area contributed by atoms with Crippen molar-refractivity contribution in [1.29, 1.82) is 0 Å². The van der Waals surface area contributed by atoms with Gasteiger partial charge >= 0.3 is 18.1 Å². The van der Waals surface area contributed by atoms with Crippen LogP contribution in [0.3, 0.4) is 0 Å². The molecular weight excluding hydrogens is 635 g/mol. The first-order valence-electron chi connectivity index (χ1n) is 16.8. The standard InChI is InChI=1S/C37H51F5O4S/c1-35(28-18-20-29(44-2)21-19-28)26-47-33-25-30(45-3)22-23-31(33)32(35)17-13-8-6-5-7-11-15-27(34(43)46-4)16-12-9-10-14-24-36(38,39)37(40,41)42/h18-23,25,27,32H,5-17,24,26H2,1-4H3. The van der Waals surface area contributed by atoms with E-state index in [-0.39, 0.29) is 30.1 Å². The normalized spacial score (nSPS) is 18.8. The zero-order valence-electron chi connectivity index (χ0n) is 28.2. The SMILES string of the molecule is COC(=O)C(CCCCCCCCC1c2ccc(OC)cc2SCC1(C)c1ccc(OC)cc1)CCCCCCC(F)(F)C(F)(F)F. The molecule has 47 heavy (non-hydrogen) atoms.